The molecule has 0 N–H and O–H groups in total. The van der Waals surface area contributed by atoms with Gasteiger partial charge in [-0.15, -0.1) is 0 Å². The van der Waals surface area contributed by atoms with Gasteiger partial charge in [0, 0.05) is 24.6 Å². The van der Waals surface area contributed by atoms with Crippen LogP contribution < -0.4 is 5.76 Å². The normalized spacial score (nSPS) is 16.2. The van der Waals surface area contributed by atoms with Gasteiger partial charge in [-0.2, -0.15) is 0 Å². The highest BCUT2D eigenvalue weighted by Crippen LogP contribution is 2.24. The molecule has 1 fully saturated rings. The molecule has 144 valence electrons. The Morgan fingerprint density at radius 3 is 2.36 bits per heavy atom. The number of para-hydroxylation sites is 2. The van der Waals surface area contributed by atoms with E-state index >= 15 is 0 Å². The van der Waals surface area contributed by atoms with Crippen molar-refractivity contribution in [2.24, 2.45) is 5.92 Å². The molecule has 4 rings (SSSR count). The molecular weight excluding hydrogens is 356 g/mol. The summed E-state index contributed by atoms with van der Waals surface area (Å²) in [5.74, 6) is -0.590. The number of hydrogen-bond donors (Lipinski definition) is 0. The van der Waals surface area contributed by atoms with Gasteiger partial charge < -0.3 is 9.32 Å². The minimum Gasteiger partial charge on any atom is -0.408 e. The molecule has 0 aliphatic carbocycles. The number of benzene rings is 2. The summed E-state index contributed by atoms with van der Waals surface area (Å²) in [6.45, 7) is 2.74. The zero-order valence-electron chi connectivity index (χ0n) is 15.7. The lowest BCUT2D eigenvalue weighted by Gasteiger charge is -2.33. The van der Waals surface area contributed by atoms with E-state index in [9.17, 15) is 14.4 Å². The van der Waals surface area contributed by atoms with Crippen LogP contribution in [0.4, 0.5) is 0 Å². The third-order valence-corrected chi connectivity index (χ3v) is 5.50. The van der Waals surface area contributed by atoms with Crippen molar-refractivity contribution >= 4 is 22.8 Å². The third kappa shape index (κ3) is 3.26. The molecule has 1 aliphatic rings. The van der Waals surface area contributed by atoms with E-state index in [1.54, 1.807) is 30.0 Å². The first-order valence-electron chi connectivity index (χ1n) is 9.54. The number of likely N-dealkylation sites (tertiary alicyclic amines) is 1. The Kier molecular flexibility index (Phi) is 4.86. The Bertz CT molecular complexity index is 1060. The Balaban J connectivity index is 1.46. The van der Waals surface area contributed by atoms with Crippen LogP contribution in [-0.2, 0) is 4.79 Å². The molecule has 0 radical (unpaired) electrons. The van der Waals surface area contributed by atoms with Crippen LogP contribution in [0.5, 0.6) is 0 Å². The quantitative estimate of drug-likeness (QED) is 0.653. The highest BCUT2D eigenvalue weighted by atomic mass is 16.4. The second-order valence-corrected chi connectivity index (χ2v) is 7.21. The molecule has 0 bridgehead atoms. The van der Waals surface area contributed by atoms with Gasteiger partial charge in [-0.3, -0.25) is 14.2 Å². The first-order valence-corrected chi connectivity index (χ1v) is 9.54. The van der Waals surface area contributed by atoms with E-state index in [0.717, 1.165) is 5.56 Å². The zero-order chi connectivity index (χ0) is 19.7. The van der Waals surface area contributed by atoms with E-state index in [0.29, 0.717) is 37.0 Å². The number of carbonyl (C=O) groups is 2. The van der Waals surface area contributed by atoms with Gasteiger partial charge in [0.1, 0.15) is 6.04 Å². The average Bonchev–Trinajstić information content (AvgIpc) is 3.08. The second-order valence-electron chi connectivity index (χ2n) is 7.21. The number of fused-ring (bicyclic) bond motifs is 1. The van der Waals surface area contributed by atoms with Crippen molar-refractivity contribution in [2.45, 2.75) is 25.8 Å². The van der Waals surface area contributed by atoms with Crippen molar-refractivity contribution in [3.63, 3.8) is 0 Å². The maximum absolute atomic E-state index is 13.0. The summed E-state index contributed by atoms with van der Waals surface area (Å²) in [4.78, 5) is 39.6. The van der Waals surface area contributed by atoms with Crippen molar-refractivity contribution in [3.05, 3.63) is 70.7 Å². The first-order chi connectivity index (χ1) is 13.6. The van der Waals surface area contributed by atoms with Gasteiger partial charge in [0.25, 0.3) is 0 Å². The molecule has 28 heavy (non-hydrogen) atoms. The number of hydrogen-bond acceptors (Lipinski definition) is 4. The van der Waals surface area contributed by atoms with Crippen LogP contribution in [0.1, 0.15) is 36.2 Å². The molecule has 6 nitrogen and oxygen atoms in total. The Hall–Kier alpha value is -3.15. The molecule has 3 aromatic rings. The lowest BCUT2D eigenvalue weighted by molar-refractivity contribution is -0.135. The minimum atomic E-state index is -0.655. The zero-order valence-corrected chi connectivity index (χ0v) is 15.7. The number of rotatable bonds is 4. The summed E-state index contributed by atoms with van der Waals surface area (Å²) in [7, 11) is 0. The van der Waals surface area contributed by atoms with Gasteiger partial charge in [-0.25, -0.2) is 4.79 Å². The van der Waals surface area contributed by atoms with Crippen LogP contribution in [0.3, 0.4) is 0 Å². The monoisotopic (exact) mass is 378 g/mol. The van der Waals surface area contributed by atoms with Gasteiger partial charge in [-0.1, -0.05) is 42.5 Å². The van der Waals surface area contributed by atoms with E-state index in [1.807, 2.05) is 36.4 Å². The molecule has 6 heteroatoms. The standard InChI is InChI=1S/C22H22N2O4/c1-15(24-18-9-5-6-10-19(18)28-22(24)27)21(26)23-13-11-17(12-14-23)20(25)16-7-3-2-4-8-16/h2-10,15,17H,11-14H2,1H3. The Morgan fingerprint density at radius 2 is 1.64 bits per heavy atom. The fourth-order valence-corrected chi connectivity index (χ4v) is 3.93. The number of oxazole rings is 1. The van der Waals surface area contributed by atoms with Crippen LogP contribution in [0.25, 0.3) is 11.1 Å². The number of piperidine rings is 1. The van der Waals surface area contributed by atoms with E-state index < -0.39 is 11.8 Å². The molecule has 1 atom stereocenters. The number of carbonyl (C=O) groups excluding carboxylic acids is 2. The van der Waals surface area contributed by atoms with Gasteiger partial charge in [0.15, 0.2) is 11.4 Å². The molecule has 1 unspecified atom stereocenters. The minimum absolute atomic E-state index is 0.0702. The number of amides is 1. The number of nitrogens with zero attached hydrogens (tertiary/aromatic N) is 2. The molecule has 2 heterocycles. The first kappa shape index (κ1) is 18.2. The van der Waals surface area contributed by atoms with Crippen molar-refractivity contribution in [3.8, 4) is 0 Å². The summed E-state index contributed by atoms with van der Waals surface area (Å²) in [5, 5.41) is 0. The summed E-state index contributed by atoms with van der Waals surface area (Å²) < 4.78 is 6.65. The molecule has 0 spiro atoms. The lowest BCUT2D eigenvalue weighted by atomic mass is 9.88. The molecule has 2 aromatic carbocycles. The fourth-order valence-electron chi connectivity index (χ4n) is 3.93. The topological polar surface area (TPSA) is 72.5 Å². The number of aromatic nitrogens is 1. The SMILES string of the molecule is CC(C(=O)N1CCC(C(=O)c2ccccc2)CC1)n1c(=O)oc2ccccc21. The second kappa shape index (κ2) is 7.46. The van der Waals surface area contributed by atoms with Crippen LogP contribution in [0.2, 0.25) is 0 Å². The van der Waals surface area contributed by atoms with Gasteiger partial charge in [0.2, 0.25) is 5.91 Å². The predicted octanol–water partition coefficient (Wildman–Crippen LogP) is 3.28. The third-order valence-electron chi connectivity index (χ3n) is 5.50. The maximum Gasteiger partial charge on any atom is 0.420 e. The van der Waals surface area contributed by atoms with E-state index in [1.165, 1.54) is 4.57 Å². The molecule has 1 saturated heterocycles. The largest absolute Gasteiger partial charge is 0.420 e. The van der Waals surface area contributed by atoms with Crippen molar-refractivity contribution in [1.82, 2.24) is 9.47 Å². The van der Waals surface area contributed by atoms with Crippen molar-refractivity contribution in [1.29, 1.82) is 0 Å². The molecule has 0 saturated carbocycles. The van der Waals surface area contributed by atoms with E-state index in [4.69, 9.17) is 4.42 Å². The smallest absolute Gasteiger partial charge is 0.408 e. The Labute approximate surface area is 162 Å². The van der Waals surface area contributed by atoms with Crippen molar-refractivity contribution < 1.29 is 14.0 Å². The summed E-state index contributed by atoms with van der Waals surface area (Å²) in [5.41, 5.74) is 1.80. The molecular formula is C22H22N2O4. The van der Waals surface area contributed by atoms with Gasteiger partial charge >= 0.3 is 5.76 Å². The number of Topliss-reactive ketones (excluding diaryl/α,β-unsaturated/α-hetero) is 1. The average molecular weight is 378 g/mol. The number of ketones is 1. The summed E-state index contributed by atoms with van der Waals surface area (Å²) in [6.07, 6.45) is 1.26. The summed E-state index contributed by atoms with van der Waals surface area (Å²) >= 11 is 0. The van der Waals surface area contributed by atoms with Crippen LogP contribution in [0.15, 0.2) is 63.8 Å². The Morgan fingerprint density at radius 1 is 1.00 bits per heavy atom. The molecule has 1 amide bonds. The van der Waals surface area contributed by atoms with E-state index in [2.05, 4.69) is 0 Å². The van der Waals surface area contributed by atoms with Crippen LogP contribution >= 0.6 is 0 Å². The van der Waals surface area contributed by atoms with Gasteiger partial charge in [-0.05, 0) is 31.9 Å². The lowest BCUT2D eigenvalue weighted by Crippen LogP contribution is -2.44. The maximum atomic E-state index is 13.0. The fraction of sp³-hybridized carbons (Fsp3) is 0.318. The van der Waals surface area contributed by atoms with Crippen molar-refractivity contribution in [2.75, 3.05) is 13.1 Å². The van der Waals surface area contributed by atoms with Crippen LogP contribution in [0, 0.1) is 5.92 Å². The highest BCUT2D eigenvalue weighted by Gasteiger charge is 2.31. The van der Waals surface area contributed by atoms with E-state index in [-0.39, 0.29) is 17.6 Å². The predicted molar refractivity (Wildman–Crippen MR) is 105 cm³/mol. The molecule has 1 aliphatic heterocycles. The van der Waals surface area contributed by atoms with Crippen LogP contribution in [-0.4, -0.2) is 34.2 Å². The summed E-state index contributed by atoms with van der Waals surface area (Å²) in [6, 6.07) is 15.7. The van der Waals surface area contributed by atoms with Gasteiger partial charge in [0.05, 0.1) is 5.52 Å². The molecule has 1 aromatic heterocycles. The highest BCUT2D eigenvalue weighted by molar-refractivity contribution is 5.98.